The minimum atomic E-state index is -0.711. The van der Waals surface area contributed by atoms with Gasteiger partial charge >= 0.3 is 12.2 Å². The summed E-state index contributed by atoms with van der Waals surface area (Å²) in [7, 11) is 2.51. The van der Waals surface area contributed by atoms with Crippen LogP contribution in [0, 0.1) is 23.7 Å². The van der Waals surface area contributed by atoms with E-state index in [4.69, 9.17) is 4.74 Å². The maximum Gasteiger partial charge on any atom is 0.407 e. The zero-order chi connectivity index (χ0) is 34.9. The Morgan fingerprint density at radius 1 is 0.894 bits per heavy atom. The van der Waals surface area contributed by atoms with Crippen molar-refractivity contribution in [1.29, 1.82) is 0 Å². The molecule has 2 aromatic rings. The molecule has 258 valence electrons. The molecule has 0 bridgehead atoms. The number of H-pyrrole nitrogens is 2. The Balaban J connectivity index is 1.75. The lowest BCUT2D eigenvalue weighted by Gasteiger charge is -2.21. The zero-order valence-corrected chi connectivity index (χ0v) is 28.4. The van der Waals surface area contributed by atoms with Crippen LogP contribution >= 0.6 is 0 Å². The number of aromatic amines is 2. The van der Waals surface area contributed by atoms with Gasteiger partial charge in [0.15, 0.2) is 5.78 Å². The number of carbonyl (C=O) groups is 4. The number of Topliss-reactive ketones (excluding diaryl/α,β-unsaturated/α-hetero) is 1. The second-order valence-electron chi connectivity index (χ2n) is 11.6. The van der Waals surface area contributed by atoms with Crippen molar-refractivity contribution < 1.29 is 33.4 Å². The van der Waals surface area contributed by atoms with Crippen molar-refractivity contribution in [3.8, 4) is 11.8 Å². The van der Waals surface area contributed by atoms with Gasteiger partial charge in [0.25, 0.3) is 0 Å². The van der Waals surface area contributed by atoms with E-state index in [1.807, 2.05) is 53.7 Å². The molecule has 2 heterocycles. The van der Waals surface area contributed by atoms with Gasteiger partial charge in [0.1, 0.15) is 30.0 Å². The molecule has 0 aliphatic heterocycles. The number of imidazole rings is 2. The molecule has 0 aliphatic rings. The predicted octanol–water partition coefficient (Wildman–Crippen LogP) is 2.41. The molecule has 15 nitrogen and oxygen atoms in total. The molecule has 2 aromatic heterocycles. The van der Waals surface area contributed by atoms with Crippen LogP contribution in [-0.4, -0.2) is 96.4 Å². The number of hydrogen-bond acceptors (Lipinski definition) is 10. The van der Waals surface area contributed by atoms with Crippen LogP contribution in [-0.2, 0) is 23.8 Å². The van der Waals surface area contributed by atoms with Crippen LogP contribution in [0.3, 0.4) is 0 Å². The van der Waals surface area contributed by atoms with E-state index in [0.717, 1.165) is 5.69 Å². The molecule has 0 aliphatic carbocycles. The Labute approximate surface area is 275 Å². The van der Waals surface area contributed by atoms with Gasteiger partial charge in [0, 0.05) is 12.5 Å². The smallest absolute Gasteiger partial charge is 0.407 e. The number of methoxy groups -OCH3 is 2. The summed E-state index contributed by atoms with van der Waals surface area (Å²) >= 11 is 0. The second-order valence-corrected chi connectivity index (χ2v) is 11.6. The molecule has 0 spiro atoms. The van der Waals surface area contributed by atoms with Gasteiger partial charge in [0.2, 0.25) is 5.91 Å². The number of amides is 3. The van der Waals surface area contributed by atoms with Crippen molar-refractivity contribution in [1.82, 2.24) is 41.2 Å². The second kappa shape index (κ2) is 19.7. The molecule has 0 saturated carbocycles. The molecule has 0 saturated heterocycles. The summed E-state index contributed by atoms with van der Waals surface area (Å²) in [5, 5.41) is 11.1. The monoisotopic (exact) mass is 656 g/mol. The number of carbonyl (C=O) groups excluding carboxylic acids is 4. The third-order valence-corrected chi connectivity index (χ3v) is 7.04. The summed E-state index contributed by atoms with van der Waals surface area (Å²) in [5.41, 5.74) is 1.40. The van der Waals surface area contributed by atoms with Gasteiger partial charge in [-0.25, -0.2) is 19.6 Å². The van der Waals surface area contributed by atoms with E-state index < -0.39 is 24.3 Å². The van der Waals surface area contributed by atoms with Gasteiger partial charge < -0.3 is 45.4 Å². The molecule has 47 heavy (non-hydrogen) atoms. The van der Waals surface area contributed by atoms with Crippen LogP contribution in [0.15, 0.2) is 18.5 Å². The number of ketones is 1. The van der Waals surface area contributed by atoms with Crippen molar-refractivity contribution in [2.24, 2.45) is 11.8 Å². The molecular formula is C32H48N8O7. The molecule has 0 unspecified atom stereocenters. The fourth-order valence-electron chi connectivity index (χ4n) is 4.24. The summed E-state index contributed by atoms with van der Waals surface area (Å²) in [4.78, 5) is 63.4. The van der Waals surface area contributed by atoms with E-state index in [0.29, 0.717) is 30.5 Å². The zero-order valence-electron chi connectivity index (χ0n) is 28.4. The number of rotatable bonds is 17. The van der Waals surface area contributed by atoms with E-state index in [-0.39, 0.29) is 48.6 Å². The third kappa shape index (κ3) is 13.3. The number of hydrogen-bond donors (Lipinski definition) is 6. The first-order chi connectivity index (χ1) is 22.4. The highest BCUT2D eigenvalue weighted by Gasteiger charge is 2.26. The average molecular weight is 657 g/mol. The third-order valence-electron chi connectivity index (χ3n) is 7.04. The fraction of sp³-hybridized carbons (Fsp3) is 0.562. The SMILES string of the molecule is COC(=O)N[C@@H](C(=O)CN[C@H](C)c1ncc(C=CCOCC#Cc2cnc([C@H](C)CNC(=O)[C@H](NC(=O)OC)C(C)C)[nH]2)[nH]1)C(C)C. The molecule has 0 radical (unpaired) electrons. The number of ether oxygens (including phenoxy) is 3. The highest BCUT2D eigenvalue weighted by molar-refractivity contribution is 5.89. The number of aromatic nitrogens is 4. The van der Waals surface area contributed by atoms with E-state index in [9.17, 15) is 19.2 Å². The molecule has 2 rings (SSSR count). The maximum atomic E-state index is 12.6. The van der Waals surface area contributed by atoms with Crippen LogP contribution < -0.4 is 21.3 Å². The largest absolute Gasteiger partial charge is 0.453 e. The van der Waals surface area contributed by atoms with Crippen LogP contribution in [0.2, 0.25) is 0 Å². The minimum Gasteiger partial charge on any atom is -0.453 e. The van der Waals surface area contributed by atoms with E-state index in [1.54, 1.807) is 12.4 Å². The maximum absolute atomic E-state index is 12.6. The molecule has 0 fully saturated rings. The van der Waals surface area contributed by atoms with Crippen LogP contribution in [0.5, 0.6) is 0 Å². The molecular weight excluding hydrogens is 608 g/mol. The van der Waals surface area contributed by atoms with Crippen molar-refractivity contribution in [2.45, 2.75) is 65.6 Å². The van der Waals surface area contributed by atoms with Crippen LogP contribution in [0.25, 0.3) is 6.08 Å². The first-order valence-electron chi connectivity index (χ1n) is 15.4. The van der Waals surface area contributed by atoms with Gasteiger partial charge in [-0.05, 0) is 30.8 Å². The Kier molecular flexibility index (Phi) is 16.2. The minimum absolute atomic E-state index is 0.0579. The molecule has 4 atom stereocenters. The number of alkyl carbamates (subject to hydrolysis) is 2. The fourth-order valence-corrected chi connectivity index (χ4v) is 4.24. The summed E-state index contributed by atoms with van der Waals surface area (Å²) in [6, 6.07) is -1.59. The van der Waals surface area contributed by atoms with Gasteiger partial charge in [-0.15, -0.1) is 0 Å². The Morgan fingerprint density at radius 2 is 1.53 bits per heavy atom. The summed E-state index contributed by atoms with van der Waals surface area (Å²) in [6.07, 6.45) is 5.68. The van der Waals surface area contributed by atoms with E-state index in [1.165, 1.54) is 14.2 Å². The quantitative estimate of drug-likeness (QED) is 0.108. The van der Waals surface area contributed by atoms with Crippen molar-refractivity contribution in [3.63, 3.8) is 0 Å². The highest BCUT2D eigenvalue weighted by atomic mass is 16.5. The van der Waals surface area contributed by atoms with E-state index in [2.05, 4.69) is 62.5 Å². The normalized spacial score (nSPS) is 13.7. The molecule has 15 heteroatoms. The lowest BCUT2D eigenvalue weighted by Crippen LogP contribution is -2.50. The van der Waals surface area contributed by atoms with Gasteiger partial charge in [-0.3, -0.25) is 9.59 Å². The van der Waals surface area contributed by atoms with Crippen molar-refractivity contribution in [2.75, 3.05) is 40.5 Å². The summed E-state index contributed by atoms with van der Waals surface area (Å²) < 4.78 is 14.8. The highest BCUT2D eigenvalue weighted by Crippen LogP contribution is 2.12. The van der Waals surface area contributed by atoms with Crippen molar-refractivity contribution in [3.05, 3.63) is 41.5 Å². The predicted molar refractivity (Wildman–Crippen MR) is 175 cm³/mol. The standard InChI is InChI=1S/C32H48N8O7/c1-19(2)26(39-31(43)45-7)25(41)18-33-22(6)29-35-17-24(38-29)12-10-14-47-13-9-11-23-16-34-28(37-23)21(5)15-36-30(42)27(20(3)4)40-32(44)46-8/h10,12,16-17,19-22,26-27,33H,13-15,18H2,1-8H3,(H,34,37)(H,35,38)(H,36,42)(H,39,43)(H,40,44)/t21-,22-,26-,27-/m1/s1. The van der Waals surface area contributed by atoms with Crippen LogP contribution in [0.1, 0.15) is 76.5 Å². The summed E-state index contributed by atoms with van der Waals surface area (Å²) in [6.45, 7) is 12.1. The van der Waals surface area contributed by atoms with Crippen molar-refractivity contribution >= 4 is 30.0 Å². The average Bonchev–Trinajstić information content (AvgIpc) is 3.72. The first-order valence-corrected chi connectivity index (χ1v) is 15.4. The van der Waals surface area contributed by atoms with Gasteiger partial charge in [-0.2, -0.15) is 0 Å². The number of nitrogens with one attached hydrogen (secondary N) is 6. The van der Waals surface area contributed by atoms with Gasteiger partial charge in [0.05, 0.1) is 57.5 Å². The lowest BCUT2D eigenvalue weighted by atomic mass is 10.00. The Morgan fingerprint density at radius 3 is 2.17 bits per heavy atom. The first kappa shape index (κ1) is 38.5. The van der Waals surface area contributed by atoms with Crippen LogP contribution in [0.4, 0.5) is 9.59 Å². The topological polar surface area (TPSA) is 201 Å². The number of nitrogens with zero attached hydrogens (tertiary/aromatic N) is 2. The lowest BCUT2D eigenvalue weighted by molar-refractivity contribution is -0.124. The van der Waals surface area contributed by atoms with E-state index >= 15 is 0 Å². The molecule has 6 N–H and O–H groups in total. The molecule has 3 amide bonds. The Bertz CT molecular complexity index is 1410. The van der Waals surface area contributed by atoms with Gasteiger partial charge in [-0.1, -0.05) is 46.6 Å². The summed E-state index contributed by atoms with van der Waals surface area (Å²) in [5.74, 6) is 6.48. The Hall–Kier alpha value is -4.68. The molecule has 0 aromatic carbocycles.